The molecule has 0 aromatic carbocycles. The largest absolute Gasteiger partial charge is 0.338 e. The zero-order chi connectivity index (χ0) is 14.6. The maximum Gasteiger partial charge on any atom is 0.240 e. The van der Waals surface area contributed by atoms with E-state index in [0.29, 0.717) is 24.3 Å². The Kier molecular flexibility index (Phi) is 5.46. The van der Waals surface area contributed by atoms with E-state index < -0.39 is 5.54 Å². The Hall–Kier alpha value is -0.980. The summed E-state index contributed by atoms with van der Waals surface area (Å²) in [6.07, 6.45) is 0. The summed E-state index contributed by atoms with van der Waals surface area (Å²) in [5.74, 6) is 1.18. The molecule has 1 rings (SSSR count). The lowest BCUT2D eigenvalue weighted by Crippen LogP contribution is -2.39. The number of nitrogens with zero attached hydrogens (tertiary/aromatic N) is 4. The second kappa shape index (κ2) is 6.45. The van der Waals surface area contributed by atoms with Crippen LogP contribution in [0.4, 0.5) is 0 Å². The van der Waals surface area contributed by atoms with Gasteiger partial charge in [-0.3, -0.25) is 4.90 Å². The van der Waals surface area contributed by atoms with E-state index in [0.717, 1.165) is 13.1 Å². The van der Waals surface area contributed by atoms with Crippen LogP contribution < -0.4 is 5.73 Å². The van der Waals surface area contributed by atoms with Gasteiger partial charge in [0.05, 0.1) is 12.1 Å². The molecule has 0 saturated carbocycles. The second-order valence-corrected chi connectivity index (χ2v) is 5.91. The Labute approximate surface area is 115 Å². The highest BCUT2D eigenvalue weighted by molar-refractivity contribution is 4.99. The maximum absolute atomic E-state index is 5.95. The molecule has 0 aliphatic rings. The van der Waals surface area contributed by atoms with Crippen molar-refractivity contribution < 1.29 is 4.52 Å². The molecule has 0 fully saturated rings. The van der Waals surface area contributed by atoms with Crippen LogP contribution in [-0.4, -0.2) is 53.2 Å². The van der Waals surface area contributed by atoms with Gasteiger partial charge in [0, 0.05) is 12.6 Å². The molecule has 6 heteroatoms. The third-order valence-electron chi connectivity index (χ3n) is 3.04. The van der Waals surface area contributed by atoms with Crippen LogP contribution in [0.25, 0.3) is 0 Å². The number of hydrogen-bond donors (Lipinski definition) is 1. The van der Waals surface area contributed by atoms with E-state index in [2.05, 4.69) is 47.9 Å². The Balaban J connectivity index is 2.68. The molecule has 1 heterocycles. The molecule has 110 valence electrons. The predicted molar refractivity (Wildman–Crippen MR) is 75.6 cm³/mol. The molecule has 0 amide bonds. The van der Waals surface area contributed by atoms with Crippen molar-refractivity contribution in [2.75, 3.05) is 27.2 Å². The van der Waals surface area contributed by atoms with Gasteiger partial charge in [0.1, 0.15) is 0 Å². The molecular formula is C13H27N5O. The molecule has 0 spiro atoms. The van der Waals surface area contributed by atoms with Crippen LogP contribution >= 0.6 is 0 Å². The predicted octanol–water partition coefficient (Wildman–Crippen LogP) is 1.04. The minimum absolute atomic E-state index is 0.432. The fraction of sp³-hybridized carbons (Fsp3) is 0.846. The fourth-order valence-corrected chi connectivity index (χ4v) is 1.98. The molecule has 1 atom stereocenters. The summed E-state index contributed by atoms with van der Waals surface area (Å²) in [5.41, 5.74) is 5.39. The molecule has 0 saturated heterocycles. The van der Waals surface area contributed by atoms with Gasteiger partial charge in [0.25, 0.3) is 0 Å². The lowest BCUT2D eigenvalue weighted by Gasteiger charge is -2.28. The van der Waals surface area contributed by atoms with Gasteiger partial charge in [-0.15, -0.1) is 0 Å². The highest BCUT2D eigenvalue weighted by Gasteiger charge is 2.23. The zero-order valence-corrected chi connectivity index (χ0v) is 13.0. The summed E-state index contributed by atoms with van der Waals surface area (Å²) < 4.78 is 5.28. The Bertz CT molecular complexity index is 383. The number of nitrogens with two attached hydrogens (primary N) is 1. The second-order valence-electron chi connectivity index (χ2n) is 5.91. The van der Waals surface area contributed by atoms with Crippen LogP contribution in [0.1, 0.15) is 39.4 Å². The minimum Gasteiger partial charge on any atom is -0.338 e. The summed E-state index contributed by atoms with van der Waals surface area (Å²) in [5, 5.41) is 3.95. The highest BCUT2D eigenvalue weighted by Crippen LogP contribution is 2.14. The van der Waals surface area contributed by atoms with Crippen molar-refractivity contribution in [1.29, 1.82) is 0 Å². The third-order valence-corrected chi connectivity index (χ3v) is 3.04. The first-order chi connectivity index (χ1) is 8.74. The SMILES string of the molecule is CCN(Cc1nc(C(C)(C)N)no1)C(C)CN(C)C. The topological polar surface area (TPSA) is 71.4 Å². The van der Waals surface area contributed by atoms with Gasteiger partial charge in [0.2, 0.25) is 5.89 Å². The number of hydrogen-bond acceptors (Lipinski definition) is 6. The molecule has 6 nitrogen and oxygen atoms in total. The normalized spacial score (nSPS) is 14.4. The lowest BCUT2D eigenvalue weighted by atomic mass is 10.1. The first kappa shape index (κ1) is 16.1. The van der Waals surface area contributed by atoms with Crippen LogP contribution in [-0.2, 0) is 12.1 Å². The Morgan fingerprint density at radius 3 is 2.42 bits per heavy atom. The van der Waals surface area contributed by atoms with Crippen LogP contribution in [0, 0.1) is 0 Å². The first-order valence-electron chi connectivity index (χ1n) is 6.74. The number of aromatic nitrogens is 2. The van der Waals surface area contributed by atoms with Crippen LogP contribution in [0.2, 0.25) is 0 Å². The third kappa shape index (κ3) is 4.89. The average Bonchev–Trinajstić information content (AvgIpc) is 2.72. The molecule has 2 N–H and O–H groups in total. The van der Waals surface area contributed by atoms with Crippen molar-refractivity contribution in [3.63, 3.8) is 0 Å². The minimum atomic E-state index is -0.561. The molecule has 0 aliphatic heterocycles. The summed E-state index contributed by atoms with van der Waals surface area (Å²) >= 11 is 0. The van der Waals surface area contributed by atoms with E-state index in [1.165, 1.54) is 0 Å². The standard InChI is InChI=1S/C13H27N5O/c1-7-18(10(2)8-17(5)6)9-11-15-12(16-19-11)13(3,4)14/h10H,7-9,14H2,1-6H3. The quantitative estimate of drug-likeness (QED) is 0.797. The van der Waals surface area contributed by atoms with Crippen molar-refractivity contribution in [2.24, 2.45) is 5.73 Å². The van der Waals surface area contributed by atoms with Gasteiger partial charge in [0.15, 0.2) is 5.82 Å². The van der Waals surface area contributed by atoms with E-state index in [1.807, 2.05) is 13.8 Å². The maximum atomic E-state index is 5.95. The van der Waals surface area contributed by atoms with Crippen LogP contribution in [0.15, 0.2) is 4.52 Å². The molecule has 0 bridgehead atoms. The Morgan fingerprint density at radius 2 is 2.00 bits per heavy atom. The zero-order valence-electron chi connectivity index (χ0n) is 13.0. The summed E-state index contributed by atoms with van der Waals surface area (Å²) in [6, 6.07) is 0.432. The van der Waals surface area contributed by atoms with Gasteiger partial charge in [-0.05, 0) is 41.4 Å². The molecule has 19 heavy (non-hydrogen) atoms. The Morgan fingerprint density at radius 1 is 1.37 bits per heavy atom. The van der Waals surface area contributed by atoms with Crippen molar-refractivity contribution in [2.45, 2.75) is 45.8 Å². The average molecular weight is 269 g/mol. The smallest absolute Gasteiger partial charge is 0.240 e. The van der Waals surface area contributed by atoms with Crippen molar-refractivity contribution in [1.82, 2.24) is 19.9 Å². The molecule has 1 aromatic heterocycles. The molecule has 0 aliphatic carbocycles. The van der Waals surface area contributed by atoms with Gasteiger partial charge in [-0.2, -0.15) is 4.98 Å². The van der Waals surface area contributed by atoms with Crippen molar-refractivity contribution in [3.8, 4) is 0 Å². The van der Waals surface area contributed by atoms with E-state index in [1.54, 1.807) is 0 Å². The lowest BCUT2D eigenvalue weighted by molar-refractivity contribution is 0.155. The summed E-state index contributed by atoms with van der Waals surface area (Å²) in [7, 11) is 4.15. The van der Waals surface area contributed by atoms with Gasteiger partial charge in [-0.1, -0.05) is 12.1 Å². The molecule has 0 radical (unpaired) electrons. The van der Waals surface area contributed by atoms with Crippen LogP contribution in [0.5, 0.6) is 0 Å². The first-order valence-corrected chi connectivity index (χ1v) is 6.74. The van der Waals surface area contributed by atoms with E-state index in [9.17, 15) is 0 Å². The van der Waals surface area contributed by atoms with Gasteiger partial charge in [-0.25, -0.2) is 0 Å². The molecule has 1 unspecified atom stereocenters. The van der Waals surface area contributed by atoms with Gasteiger partial charge < -0.3 is 15.2 Å². The number of likely N-dealkylation sites (N-methyl/N-ethyl adjacent to an activating group) is 2. The highest BCUT2D eigenvalue weighted by atomic mass is 16.5. The van der Waals surface area contributed by atoms with E-state index in [4.69, 9.17) is 10.3 Å². The van der Waals surface area contributed by atoms with Crippen molar-refractivity contribution >= 4 is 0 Å². The van der Waals surface area contributed by atoms with E-state index in [-0.39, 0.29) is 0 Å². The number of rotatable bonds is 7. The fourth-order valence-electron chi connectivity index (χ4n) is 1.98. The molecular weight excluding hydrogens is 242 g/mol. The van der Waals surface area contributed by atoms with Crippen molar-refractivity contribution in [3.05, 3.63) is 11.7 Å². The van der Waals surface area contributed by atoms with E-state index >= 15 is 0 Å². The summed E-state index contributed by atoms with van der Waals surface area (Å²) in [6.45, 7) is 10.7. The summed E-state index contributed by atoms with van der Waals surface area (Å²) in [4.78, 5) is 8.86. The van der Waals surface area contributed by atoms with Crippen LogP contribution in [0.3, 0.4) is 0 Å². The van der Waals surface area contributed by atoms with Gasteiger partial charge >= 0.3 is 0 Å². The monoisotopic (exact) mass is 269 g/mol. The molecule has 1 aromatic rings.